The van der Waals surface area contributed by atoms with Gasteiger partial charge in [-0.05, 0) is 36.2 Å². The first kappa shape index (κ1) is 16.6. The zero-order valence-electron chi connectivity index (χ0n) is 14.5. The van der Waals surface area contributed by atoms with Crippen LogP contribution in [0.3, 0.4) is 0 Å². The number of aromatic amines is 1. The van der Waals surface area contributed by atoms with Crippen molar-refractivity contribution in [2.75, 3.05) is 31.1 Å². The monoisotopic (exact) mass is 352 g/mol. The van der Waals surface area contributed by atoms with Crippen LogP contribution < -0.4 is 4.90 Å². The molecule has 0 spiro atoms. The summed E-state index contributed by atoms with van der Waals surface area (Å²) in [6, 6.07) is 14.1. The van der Waals surface area contributed by atoms with Crippen molar-refractivity contribution in [1.29, 1.82) is 0 Å². The van der Waals surface area contributed by atoms with Crippen LogP contribution in [0.1, 0.15) is 12.0 Å². The second-order valence-corrected chi connectivity index (χ2v) is 6.60. The van der Waals surface area contributed by atoms with Crippen molar-refractivity contribution >= 4 is 22.9 Å². The van der Waals surface area contributed by atoms with E-state index in [-0.39, 0.29) is 11.7 Å². The largest absolute Gasteiger partial charge is 0.341 e. The molecule has 2 heterocycles. The Kier molecular flexibility index (Phi) is 4.56. The number of carbonyl (C=O) groups is 1. The zero-order chi connectivity index (χ0) is 17.9. The van der Waals surface area contributed by atoms with E-state index in [1.165, 1.54) is 12.1 Å². The van der Waals surface area contributed by atoms with E-state index in [0.717, 1.165) is 48.6 Å². The molecule has 26 heavy (non-hydrogen) atoms. The minimum Gasteiger partial charge on any atom is -0.341 e. The van der Waals surface area contributed by atoms with Gasteiger partial charge >= 0.3 is 0 Å². The van der Waals surface area contributed by atoms with Gasteiger partial charge in [-0.15, -0.1) is 0 Å². The lowest BCUT2D eigenvalue weighted by Crippen LogP contribution is -2.36. The summed E-state index contributed by atoms with van der Waals surface area (Å²) in [7, 11) is 0. The number of benzene rings is 2. The number of amides is 1. The average molecular weight is 352 g/mol. The Bertz CT molecular complexity index is 873. The molecule has 1 N–H and O–H groups in total. The van der Waals surface area contributed by atoms with Gasteiger partial charge in [-0.25, -0.2) is 9.37 Å². The number of aromatic nitrogens is 2. The van der Waals surface area contributed by atoms with Gasteiger partial charge in [0.2, 0.25) is 11.9 Å². The Morgan fingerprint density at radius 2 is 1.85 bits per heavy atom. The molecular formula is C20H21FN4O. The standard InChI is InChI=1S/C20H21FN4O/c21-16-8-6-15(7-9-16)14-19(26)24-10-3-11-25(13-12-24)20-22-17-4-1-2-5-18(17)23-20/h1-2,4-9H,3,10-14H2,(H,22,23). The van der Waals surface area contributed by atoms with Gasteiger partial charge in [0, 0.05) is 26.2 Å². The zero-order valence-corrected chi connectivity index (χ0v) is 14.5. The highest BCUT2D eigenvalue weighted by molar-refractivity contribution is 5.79. The molecule has 1 amide bonds. The highest BCUT2D eigenvalue weighted by atomic mass is 19.1. The Balaban J connectivity index is 1.41. The molecule has 0 radical (unpaired) electrons. The van der Waals surface area contributed by atoms with E-state index in [1.54, 1.807) is 12.1 Å². The maximum atomic E-state index is 13.0. The molecule has 0 saturated carbocycles. The maximum Gasteiger partial charge on any atom is 0.227 e. The third kappa shape index (κ3) is 3.54. The number of halogens is 1. The van der Waals surface area contributed by atoms with Crippen molar-refractivity contribution in [1.82, 2.24) is 14.9 Å². The van der Waals surface area contributed by atoms with E-state index >= 15 is 0 Å². The van der Waals surface area contributed by atoms with E-state index in [0.29, 0.717) is 13.0 Å². The Morgan fingerprint density at radius 3 is 2.65 bits per heavy atom. The molecule has 1 saturated heterocycles. The van der Waals surface area contributed by atoms with Crippen LogP contribution in [-0.4, -0.2) is 47.0 Å². The summed E-state index contributed by atoms with van der Waals surface area (Å²) >= 11 is 0. The lowest BCUT2D eigenvalue weighted by atomic mass is 10.1. The summed E-state index contributed by atoms with van der Waals surface area (Å²) in [5.41, 5.74) is 2.82. The number of hydrogen-bond acceptors (Lipinski definition) is 3. The van der Waals surface area contributed by atoms with Crippen LogP contribution in [0.2, 0.25) is 0 Å². The molecule has 6 heteroatoms. The van der Waals surface area contributed by atoms with Crippen LogP contribution in [-0.2, 0) is 11.2 Å². The van der Waals surface area contributed by atoms with Gasteiger partial charge in [-0.2, -0.15) is 0 Å². The van der Waals surface area contributed by atoms with Gasteiger partial charge in [0.05, 0.1) is 17.5 Å². The third-order valence-corrected chi connectivity index (χ3v) is 4.79. The minimum absolute atomic E-state index is 0.0862. The fraction of sp³-hybridized carbons (Fsp3) is 0.300. The molecule has 2 aromatic carbocycles. The van der Waals surface area contributed by atoms with Crippen molar-refractivity contribution in [3.05, 3.63) is 59.9 Å². The van der Waals surface area contributed by atoms with Gasteiger partial charge < -0.3 is 14.8 Å². The second kappa shape index (κ2) is 7.15. The van der Waals surface area contributed by atoms with Crippen molar-refractivity contribution in [2.45, 2.75) is 12.8 Å². The molecule has 0 atom stereocenters. The van der Waals surface area contributed by atoms with Crippen LogP contribution in [0.4, 0.5) is 10.3 Å². The van der Waals surface area contributed by atoms with E-state index < -0.39 is 0 Å². The van der Waals surface area contributed by atoms with Gasteiger partial charge in [-0.1, -0.05) is 24.3 Å². The topological polar surface area (TPSA) is 52.2 Å². The van der Waals surface area contributed by atoms with Gasteiger partial charge in [0.25, 0.3) is 0 Å². The SMILES string of the molecule is O=C(Cc1ccc(F)cc1)N1CCCN(c2nc3ccccc3[nH]2)CC1. The normalized spacial score (nSPS) is 15.3. The van der Waals surface area contributed by atoms with Gasteiger partial charge in [0.15, 0.2) is 0 Å². The smallest absolute Gasteiger partial charge is 0.227 e. The van der Waals surface area contributed by atoms with E-state index in [9.17, 15) is 9.18 Å². The van der Waals surface area contributed by atoms with Crippen molar-refractivity contribution in [3.8, 4) is 0 Å². The molecule has 1 aromatic heterocycles. The number of para-hydroxylation sites is 2. The summed E-state index contributed by atoms with van der Waals surface area (Å²) < 4.78 is 13.0. The number of anilines is 1. The third-order valence-electron chi connectivity index (χ3n) is 4.79. The highest BCUT2D eigenvalue weighted by Crippen LogP contribution is 2.18. The highest BCUT2D eigenvalue weighted by Gasteiger charge is 2.21. The molecule has 4 rings (SSSR count). The molecule has 1 aliphatic rings. The Morgan fingerprint density at radius 1 is 1.04 bits per heavy atom. The number of fused-ring (bicyclic) bond motifs is 1. The molecule has 1 aliphatic heterocycles. The van der Waals surface area contributed by atoms with E-state index in [2.05, 4.69) is 14.9 Å². The van der Waals surface area contributed by atoms with Crippen molar-refractivity contribution in [3.63, 3.8) is 0 Å². The maximum absolute atomic E-state index is 13.0. The first-order valence-corrected chi connectivity index (χ1v) is 8.91. The number of H-pyrrole nitrogens is 1. The Labute approximate surface area is 151 Å². The first-order valence-electron chi connectivity index (χ1n) is 8.91. The summed E-state index contributed by atoms with van der Waals surface area (Å²) in [5, 5.41) is 0. The quantitative estimate of drug-likeness (QED) is 0.788. The number of imidazole rings is 1. The molecular weight excluding hydrogens is 331 g/mol. The predicted molar refractivity (Wildman–Crippen MR) is 99.6 cm³/mol. The predicted octanol–water partition coefficient (Wildman–Crippen LogP) is 2.98. The second-order valence-electron chi connectivity index (χ2n) is 6.60. The molecule has 1 fully saturated rings. The fourth-order valence-electron chi connectivity index (χ4n) is 3.36. The molecule has 0 aliphatic carbocycles. The number of hydrogen-bond donors (Lipinski definition) is 1. The van der Waals surface area contributed by atoms with Crippen LogP contribution in [0, 0.1) is 5.82 Å². The number of nitrogens with zero attached hydrogens (tertiary/aromatic N) is 3. The lowest BCUT2D eigenvalue weighted by molar-refractivity contribution is -0.130. The molecule has 5 nitrogen and oxygen atoms in total. The summed E-state index contributed by atoms with van der Waals surface area (Å²) in [5.74, 6) is 0.666. The van der Waals surface area contributed by atoms with E-state index in [4.69, 9.17) is 0 Å². The summed E-state index contributed by atoms with van der Waals surface area (Å²) in [6.07, 6.45) is 1.21. The summed E-state index contributed by atoms with van der Waals surface area (Å²) in [6.45, 7) is 3.00. The van der Waals surface area contributed by atoms with Crippen LogP contribution >= 0.6 is 0 Å². The van der Waals surface area contributed by atoms with Gasteiger partial charge in [0.1, 0.15) is 5.82 Å². The Hall–Kier alpha value is -2.89. The number of nitrogens with one attached hydrogen (secondary N) is 1. The summed E-state index contributed by atoms with van der Waals surface area (Å²) in [4.78, 5) is 24.7. The average Bonchev–Trinajstić information content (AvgIpc) is 2.92. The van der Waals surface area contributed by atoms with Crippen molar-refractivity contribution in [2.24, 2.45) is 0 Å². The fourth-order valence-corrected chi connectivity index (χ4v) is 3.36. The van der Waals surface area contributed by atoms with Crippen LogP contribution in [0.15, 0.2) is 48.5 Å². The van der Waals surface area contributed by atoms with Crippen molar-refractivity contribution < 1.29 is 9.18 Å². The van der Waals surface area contributed by atoms with E-state index in [1.807, 2.05) is 29.2 Å². The van der Waals surface area contributed by atoms with Crippen LogP contribution in [0.5, 0.6) is 0 Å². The lowest BCUT2D eigenvalue weighted by Gasteiger charge is -2.22. The molecule has 134 valence electrons. The minimum atomic E-state index is -0.280. The number of rotatable bonds is 3. The first-order chi connectivity index (χ1) is 12.7. The van der Waals surface area contributed by atoms with Gasteiger partial charge in [-0.3, -0.25) is 4.79 Å². The molecule has 0 bridgehead atoms. The van der Waals surface area contributed by atoms with Crippen LogP contribution in [0.25, 0.3) is 11.0 Å². The number of carbonyl (C=O) groups excluding carboxylic acids is 1. The molecule has 0 unspecified atom stereocenters. The molecule has 3 aromatic rings.